The van der Waals surface area contributed by atoms with Gasteiger partial charge < -0.3 is 47.9 Å². The quantitative estimate of drug-likeness (QED) is 0.0562. The number of hydrogen-bond acceptors (Lipinski definition) is 12. The van der Waals surface area contributed by atoms with Crippen molar-refractivity contribution in [3.05, 3.63) is 154 Å². The van der Waals surface area contributed by atoms with Crippen molar-refractivity contribution in [1.29, 1.82) is 0 Å². The van der Waals surface area contributed by atoms with E-state index in [1.165, 1.54) is 6.92 Å². The molecule has 15 heteroatoms. The van der Waals surface area contributed by atoms with Crippen LogP contribution in [0.2, 0.25) is 0 Å². The van der Waals surface area contributed by atoms with Crippen molar-refractivity contribution in [3.63, 3.8) is 0 Å². The van der Waals surface area contributed by atoms with E-state index in [1.54, 1.807) is 0 Å². The number of nitrogens with one attached hydrogen (secondary N) is 1. The van der Waals surface area contributed by atoms with E-state index in [1.807, 2.05) is 121 Å². The van der Waals surface area contributed by atoms with Crippen molar-refractivity contribution in [2.24, 2.45) is 5.11 Å². The van der Waals surface area contributed by atoms with Crippen LogP contribution in [0.3, 0.4) is 0 Å². The molecule has 0 spiro atoms. The van der Waals surface area contributed by atoms with E-state index in [0.717, 1.165) is 22.3 Å². The van der Waals surface area contributed by atoms with Crippen LogP contribution >= 0.6 is 0 Å². The molecule has 0 aliphatic carbocycles. The zero-order chi connectivity index (χ0) is 40.1. The van der Waals surface area contributed by atoms with Gasteiger partial charge in [0.25, 0.3) is 0 Å². The number of fused-ring (bicyclic) bond motifs is 2. The molecule has 0 unspecified atom stereocenters. The number of esters is 1. The number of alkyl carbamates (subject to hydrolysis) is 1. The third kappa shape index (κ3) is 10.8. The summed E-state index contributed by atoms with van der Waals surface area (Å²) >= 11 is 0. The molecule has 3 fully saturated rings. The summed E-state index contributed by atoms with van der Waals surface area (Å²) in [4.78, 5) is 29.1. The molecule has 304 valence electrons. The Morgan fingerprint density at radius 1 is 0.690 bits per heavy atom. The third-order valence-corrected chi connectivity index (χ3v) is 9.97. The Labute approximate surface area is 336 Å². The molecule has 4 aromatic rings. The van der Waals surface area contributed by atoms with E-state index in [-0.39, 0.29) is 39.6 Å². The summed E-state index contributed by atoms with van der Waals surface area (Å²) < 4.78 is 56.6. The highest BCUT2D eigenvalue weighted by atomic mass is 16.8. The van der Waals surface area contributed by atoms with E-state index in [9.17, 15) is 15.1 Å². The summed E-state index contributed by atoms with van der Waals surface area (Å²) in [6.45, 7) is 1.60. The molecule has 3 aliphatic rings. The van der Waals surface area contributed by atoms with Crippen LogP contribution in [0.25, 0.3) is 10.4 Å². The maximum atomic E-state index is 13.8. The molecule has 1 N–H and O–H groups in total. The van der Waals surface area contributed by atoms with Crippen molar-refractivity contribution in [2.75, 3.05) is 13.2 Å². The summed E-state index contributed by atoms with van der Waals surface area (Å²) in [6, 6.07) is 35.8. The molecular formula is C43H46N4O11. The Morgan fingerprint density at radius 3 is 1.74 bits per heavy atom. The first-order valence-corrected chi connectivity index (χ1v) is 19.1. The first kappa shape index (κ1) is 40.8. The number of rotatable bonds is 17. The molecule has 0 radical (unpaired) electrons. The monoisotopic (exact) mass is 794 g/mol. The van der Waals surface area contributed by atoms with E-state index in [2.05, 4.69) is 15.3 Å². The Kier molecular flexibility index (Phi) is 14.3. The van der Waals surface area contributed by atoms with E-state index in [4.69, 9.17) is 42.6 Å². The highest BCUT2D eigenvalue weighted by Crippen LogP contribution is 2.37. The molecule has 10 atom stereocenters. The molecule has 0 aromatic heterocycles. The fourth-order valence-electron chi connectivity index (χ4n) is 7.15. The first-order chi connectivity index (χ1) is 28.4. The van der Waals surface area contributed by atoms with Crippen LogP contribution in [0.4, 0.5) is 4.79 Å². The number of carbonyl (C=O) groups is 2. The van der Waals surface area contributed by atoms with Gasteiger partial charge in [-0.05, 0) is 27.8 Å². The number of amides is 1. The Bertz CT molecular complexity index is 1940. The average Bonchev–Trinajstić information content (AvgIpc) is 3.70. The molecule has 7 rings (SSSR count). The SMILES string of the molecule is CC(=O)OC[C@H]1O[C@@H](O[C@H]2[C@H](OCc3ccccc3)[C@@H](N=[N+]=[N-])[C@@H]3OC[C@H]2O3)[C@H](NC(=O)OCc2ccccc2)[C@@H](OCc2ccccc2)[C@@H]1OCc1ccccc1. The molecule has 3 heterocycles. The van der Waals surface area contributed by atoms with Gasteiger partial charge in [-0.1, -0.05) is 126 Å². The van der Waals surface area contributed by atoms with Gasteiger partial charge in [0.1, 0.15) is 61.9 Å². The predicted molar refractivity (Wildman–Crippen MR) is 206 cm³/mol. The molecule has 4 aromatic carbocycles. The lowest BCUT2D eigenvalue weighted by atomic mass is 9.94. The van der Waals surface area contributed by atoms with Crippen LogP contribution in [-0.4, -0.2) is 86.6 Å². The summed E-state index contributed by atoms with van der Waals surface area (Å²) in [7, 11) is 0. The maximum Gasteiger partial charge on any atom is 0.407 e. The second-order valence-corrected chi connectivity index (χ2v) is 14.0. The highest BCUT2D eigenvalue weighted by Gasteiger charge is 2.56. The third-order valence-electron chi connectivity index (χ3n) is 9.97. The Balaban J connectivity index is 1.24. The van der Waals surface area contributed by atoms with Crippen molar-refractivity contribution in [3.8, 4) is 0 Å². The first-order valence-electron chi connectivity index (χ1n) is 19.1. The van der Waals surface area contributed by atoms with Gasteiger partial charge in [0, 0.05) is 11.8 Å². The van der Waals surface area contributed by atoms with Crippen LogP contribution < -0.4 is 5.32 Å². The summed E-state index contributed by atoms with van der Waals surface area (Å²) in [5.41, 5.74) is 13.0. The van der Waals surface area contributed by atoms with Crippen LogP contribution in [0.15, 0.2) is 126 Å². The van der Waals surface area contributed by atoms with Gasteiger partial charge in [-0.25, -0.2) is 4.79 Å². The fourth-order valence-corrected chi connectivity index (χ4v) is 7.15. The van der Waals surface area contributed by atoms with Crippen molar-refractivity contribution in [1.82, 2.24) is 5.32 Å². The maximum absolute atomic E-state index is 13.8. The summed E-state index contributed by atoms with van der Waals surface area (Å²) in [5, 5.41) is 6.98. The van der Waals surface area contributed by atoms with Gasteiger partial charge in [0.05, 0.1) is 26.4 Å². The van der Waals surface area contributed by atoms with Gasteiger partial charge in [0.15, 0.2) is 12.6 Å². The van der Waals surface area contributed by atoms with Gasteiger partial charge in [0.2, 0.25) is 0 Å². The van der Waals surface area contributed by atoms with Gasteiger partial charge in [-0.3, -0.25) is 4.79 Å². The zero-order valence-corrected chi connectivity index (χ0v) is 31.9. The molecule has 15 nitrogen and oxygen atoms in total. The number of hydrogen-bond donors (Lipinski definition) is 1. The van der Waals surface area contributed by atoms with Crippen LogP contribution in [0.5, 0.6) is 0 Å². The summed E-state index contributed by atoms with van der Waals surface area (Å²) in [5.74, 6) is -0.532. The lowest BCUT2D eigenvalue weighted by Crippen LogP contribution is -2.68. The number of nitrogens with zero attached hydrogens (tertiary/aromatic N) is 3. The minimum Gasteiger partial charge on any atom is -0.463 e. The predicted octanol–water partition coefficient (Wildman–Crippen LogP) is 6.14. The molecule has 2 bridgehead atoms. The van der Waals surface area contributed by atoms with Crippen molar-refractivity contribution >= 4 is 12.1 Å². The van der Waals surface area contributed by atoms with Crippen LogP contribution in [-0.2, 0) is 73.9 Å². The molecule has 3 saturated heterocycles. The largest absolute Gasteiger partial charge is 0.463 e. The van der Waals surface area contributed by atoms with Gasteiger partial charge in [-0.2, -0.15) is 0 Å². The number of ether oxygens (including phenoxy) is 9. The van der Waals surface area contributed by atoms with E-state index < -0.39 is 73.4 Å². The highest BCUT2D eigenvalue weighted by molar-refractivity contribution is 5.68. The normalized spacial score (nSPS) is 27.5. The van der Waals surface area contributed by atoms with E-state index in [0.29, 0.717) is 0 Å². The van der Waals surface area contributed by atoms with Crippen LogP contribution in [0, 0.1) is 0 Å². The lowest BCUT2D eigenvalue weighted by molar-refractivity contribution is -0.321. The molecule has 58 heavy (non-hydrogen) atoms. The fraction of sp³-hybridized carbons (Fsp3) is 0.395. The van der Waals surface area contributed by atoms with Gasteiger partial charge >= 0.3 is 12.1 Å². The molecule has 0 saturated carbocycles. The number of benzene rings is 4. The smallest absolute Gasteiger partial charge is 0.407 e. The minimum atomic E-state index is -1.30. The Morgan fingerprint density at radius 2 is 1.21 bits per heavy atom. The summed E-state index contributed by atoms with van der Waals surface area (Å²) in [6.07, 6.45) is -8.28. The topological polar surface area (TPSA) is 178 Å². The second kappa shape index (κ2) is 20.4. The molecular weight excluding hydrogens is 748 g/mol. The van der Waals surface area contributed by atoms with Crippen LogP contribution in [0.1, 0.15) is 29.2 Å². The zero-order valence-electron chi connectivity index (χ0n) is 31.9. The van der Waals surface area contributed by atoms with Crippen molar-refractivity contribution in [2.45, 2.75) is 94.6 Å². The van der Waals surface area contributed by atoms with Crippen molar-refractivity contribution < 1.29 is 52.2 Å². The average molecular weight is 795 g/mol. The Hall–Kier alpha value is -5.35. The number of carbonyl (C=O) groups excluding carboxylic acids is 2. The standard InChI is InChI=1S/C43H46N4O11/c1-28(48)50-26-33-37(51-22-29-14-6-2-7-15-29)39(52-23-30-16-8-3-9-17-30)35(45-43(49)55-25-32-20-12-5-13-21-32)42(57-33)58-38-34-27-54-41(56-34)36(46-47-44)40(38)53-24-31-18-10-4-11-19-31/h2-21,33-42H,22-27H2,1H3,(H,45,49)/t33-,34-,35-,36-,37-,38-,39-,40-,41-,42+/m1/s1. The minimum absolute atomic E-state index is 0.00909. The lowest BCUT2D eigenvalue weighted by Gasteiger charge is -2.48. The van der Waals surface area contributed by atoms with Gasteiger partial charge in [-0.15, -0.1) is 0 Å². The molecule has 1 amide bonds. The second-order valence-electron chi connectivity index (χ2n) is 14.0. The number of azide groups is 1. The van der Waals surface area contributed by atoms with E-state index >= 15 is 0 Å². The molecule has 3 aliphatic heterocycles.